The molecule has 0 fully saturated rings. The first-order valence-corrected chi connectivity index (χ1v) is 11.5. The number of benzene rings is 2. The molecule has 0 unspecified atom stereocenters. The van der Waals surface area contributed by atoms with Crippen molar-refractivity contribution in [2.24, 2.45) is 5.92 Å². The maximum absolute atomic E-state index is 12.6. The van der Waals surface area contributed by atoms with E-state index in [0.29, 0.717) is 28.5 Å². The number of anilines is 1. The van der Waals surface area contributed by atoms with Crippen LogP contribution >= 0.6 is 11.8 Å². The number of rotatable bonds is 6. The van der Waals surface area contributed by atoms with Crippen LogP contribution in [0, 0.1) is 5.92 Å². The molecule has 0 spiro atoms. The molecule has 2 heterocycles. The Labute approximate surface area is 186 Å². The van der Waals surface area contributed by atoms with Gasteiger partial charge in [0, 0.05) is 29.8 Å². The molecule has 0 saturated carbocycles. The van der Waals surface area contributed by atoms with Crippen LogP contribution in [0.2, 0.25) is 0 Å². The van der Waals surface area contributed by atoms with Crippen molar-refractivity contribution in [2.45, 2.75) is 33.7 Å². The normalized spacial score (nSPS) is 11.7. The average molecular weight is 434 g/mol. The van der Waals surface area contributed by atoms with Gasteiger partial charge in [-0.25, -0.2) is 9.97 Å². The highest BCUT2D eigenvalue weighted by Crippen LogP contribution is 2.34. The van der Waals surface area contributed by atoms with Crippen LogP contribution in [0.1, 0.15) is 38.1 Å². The van der Waals surface area contributed by atoms with Gasteiger partial charge in [-0.15, -0.1) is 0 Å². The second-order valence-electron chi connectivity index (χ2n) is 8.44. The minimum Gasteiger partial charge on any atom is -0.454 e. The monoisotopic (exact) mass is 433 g/mol. The lowest BCUT2D eigenvalue weighted by Crippen LogP contribution is -2.27. The Kier molecular flexibility index (Phi) is 6.01. The van der Waals surface area contributed by atoms with Crippen molar-refractivity contribution in [1.82, 2.24) is 9.97 Å². The molecule has 0 amide bonds. The Morgan fingerprint density at radius 1 is 1.03 bits per heavy atom. The summed E-state index contributed by atoms with van der Waals surface area (Å²) in [7, 11) is 2.00. The molecule has 0 aliphatic rings. The van der Waals surface area contributed by atoms with Crippen LogP contribution in [0.3, 0.4) is 0 Å². The maximum Gasteiger partial charge on any atom is 0.219 e. The lowest BCUT2D eigenvalue weighted by Gasteiger charge is -2.24. The summed E-state index contributed by atoms with van der Waals surface area (Å²) >= 11 is 1.35. The number of furan rings is 1. The van der Waals surface area contributed by atoms with Crippen molar-refractivity contribution < 1.29 is 9.21 Å². The molecular formula is C25H27N3O2S. The lowest BCUT2D eigenvalue weighted by atomic mass is 10.2. The van der Waals surface area contributed by atoms with Crippen LogP contribution in [0.5, 0.6) is 0 Å². The van der Waals surface area contributed by atoms with Crippen LogP contribution in [-0.2, 0) is 0 Å². The Hall–Kier alpha value is -2.86. The van der Waals surface area contributed by atoms with E-state index in [1.807, 2.05) is 55.6 Å². The van der Waals surface area contributed by atoms with E-state index in [-0.39, 0.29) is 11.2 Å². The van der Waals surface area contributed by atoms with Gasteiger partial charge in [-0.1, -0.05) is 43.8 Å². The van der Waals surface area contributed by atoms with E-state index in [0.717, 1.165) is 28.1 Å². The Bertz CT molecular complexity index is 1210. The zero-order valence-corrected chi connectivity index (χ0v) is 19.4. The predicted octanol–water partition coefficient (Wildman–Crippen LogP) is 6.42. The van der Waals surface area contributed by atoms with Gasteiger partial charge in [0.15, 0.2) is 11.6 Å². The first-order valence-electron chi connectivity index (χ1n) is 10.5. The second-order valence-corrected chi connectivity index (χ2v) is 9.44. The zero-order chi connectivity index (χ0) is 22.1. The fourth-order valence-corrected chi connectivity index (χ4v) is 4.03. The van der Waals surface area contributed by atoms with Crippen LogP contribution in [0.4, 0.5) is 5.82 Å². The summed E-state index contributed by atoms with van der Waals surface area (Å²) in [6.45, 7) is 8.44. The summed E-state index contributed by atoms with van der Waals surface area (Å²) < 4.78 is 6.10. The number of carbonyl (C=O) groups is 1. The summed E-state index contributed by atoms with van der Waals surface area (Å²) in [4.78, 5) is 24.5. The summed E-state index contributed by atoms with van der Waals surface area (Å²) in [5.41, 5.74) is 3.62. The molecule has 0 aliphatic heterocycles. The number of thioether (sulfide) groups is 1. The summed E-state index contributed by atoms with van der Waals surface area (Å²) in [6.07, 6.45) is 0. The molecule has 0 atom stereocenters. The molecular weight excluding hydrogens is 406 g/mol. The number of hydrogen-bond donors (Lipinski definition) is 0. The van der Waals surface area contributed by atoms with Gasteiger partial charge in [0.25, 0.3) is 0 Å². The number of aromatic nitrogens is 2. The van der Waals surface area contributed by atoms with E-state index >= 15 is 0 Å². The van der Waals surface area contributed by atoms with Gasteiger partial charge in [0.05, 0.1) is 11.0 Å². The van der Waals surface area contributed by atoms with E-state index in [2.05, 4.69) is 32.6 Å². The Morgan fingerprint density at radius 3 is 2.52 bits per heavy atom. The van der Waals surface area contributed by atoms with Crippen LogP contribution in [0.15, 0.2) is 52.9 Å². The van der Waals surface area contributed by atoms with E-state index in [4.69, 9.17) is 14.4 Å². The average Bonchev–Trinajstić information content (AvgIpc) is 3.19. The molecule has 31 heavy (non-hydrogen) atoms. The van der Waals surface area contributed by atoms with Gasteiger partial charge in [-0.2, -0.15) is 0 Å². The van der Waals surface area contributed by atoms with E-state index < -0.39 is 0 Å². The summed E-state index contributed by atoms with van der Waals surface area (Å²) in [6, 6.07) is 15.7. The highest BCUT2D eigenvalue weighted by atomic mass is 32.2. The standard InChI is InChI=1S/C25H27N3O2S/c1-15(2)14-31-25(29)18-10-11-19-20(12-18)27-24(28(5)16(3)4)23(26-19)22-13-17-8-6-7-9-21(17)30-22/h6-13,15-16H,14H2,1-5H3. The quantitative estimate of drug-likeness (QED) is 0.350. The van der Waals surface area contributed by atoms with Gasteiger partial charge >= 0.3 is 0 Å². The third kappa shape index (κ3) is 4.44. The SMILES string of the molecule is CC(C)CSC(=O)c1ccc2nc(-c3cc4ccccc4o3)c(N(C)C(C)C)nc2c1. The van der Waals surface area contributed by atoms with E-state index in [9.17, 15) is 4.79 Å². The minimum atomic E-state index is 0.0672. The largest absolute Gasteiger partial charge is 0.454 e. The van der Waals surface area contributed by atoms with Crippen molar-refractivity contribution >= 4 is 44.7 Å². The first kappa shape index (κ1) is 21.4. The topological polar surface area (TPSA) is 59.2 Å². The lowest BCUT2D eigenvalue weighted by molar-refractivity contribution is 0.108. The van der Waals surface area contributed by atoms with Crippen molar-refractivity contribution in [2.75, 3.05) is 17.7 Å². The predicted molar refractivity (Wildman–Crippen MR) is 130 cm³/mol. The van der Waals surface area contributed by atoms with Crippen LogP contribution < -0.4 is 4.90 Å². The van der Waals surface area contributed by atoms with E-state index in [1.54, 1.807) is 0 Å². The highest BCUT2D eigenvalue weighted by molar-refractivity contribution is 8.14. The molecule has 0 saturated heterocycles. The number of nitrogens with zero attached hydrogens (tertiary/aromatic N) is 3. The molecule has 0 bridgehead atoms. The number of carbonyl (C=O) groups excluding carboxylic acids is 1. The van der Waals surface area contributed by atoms with E-state index in [1.165, 1.54) is 11.8 Å². The highest BCUT2D eigenvalue weighted by Gasteiger charge is 2.20. The fourth-order valence-electron chi connectivity index (χ4n) is 3.25. The van der Waals surface area contributed by atoms with Gasteiger partial charge in [-0.05, 0) is 50.1 Å². The van der Waals surface area contributed by atoms with Crippen molar-refractivity contribution in [3.63, 3.8) is 0 Å². The molecule has 160 valence electrons. The molecule has 2 aromatic heterocycles. The maximum atomic E-state index is 12.6. The summed E-state index contributed by atoms with van der Waals surface area (Å²) in [5, 5.41) is 1.10. The molecule has 2 aromatic carbocycles. The fraction of sp³-hybridized carbons (Fsp3) is 0.320. The minimum absolute atomic E-state index is 0.0672. The smallest absolute Gasteiger partial charge is 0.219 e. The van der Waals surface area contributed by atoms with Crippen molar-refractivity contribution in [3.05, 3.63) is 54.1 Å². The Morgan fingerprint density at radius 2 is 1.81 bits per heavy atom. The molecule has 6 heteroatoms. The first-order chi connectivity index (χ1) is 14.8. The molecule has 0 aliphatic carbocycles. The molecule has 4 aromatic rings. The van der Waals surface area contributed by atoms with Gasteiger partial charge in [0.2, 0.25) is 5.12 Å². The van der Waals surface area contributed by atoms with Crippen LogP contribution in [0.25, 0.3) is 33.5 Å². The third-order valence-corrected chi connectivity index (χ3v) is 6.53. The molecule has 0 N–H and O–H groups in total. The number of hydrogen-bond acceptors (Lipinski definition) is 6. The van der Waals surface area contributed by atoms with Crippen molar-refractivity contribution in [1.29, 1.82) is 0 Å². The molecule has 5 nitrogen and oxygen atoms in total. The third-order valence-electron chi connectivity index (χ3n) is 5.20. The Balaban J connectivity index is 1.82. The molecule has 0 radical (unpaired) electrons. The zero-order valence-electron chi connectivity index (χ0n) is 18.5. The molecule has 4 rings (SSSR count). The van der Waals surface area contributed by atoms with Gasteiger partial charge < -0.3 is 9.32 Å². The summed E-state index contributed by atoms with van der Waals surface area (Å²) in [5.74, 6) is 2.69. The van der Waals surface area contributed by atoms with Crippen LogP contribution in [-0.4, -0.2) is 33.9 Å². The van der Waals surface area contributed by atoms with Crippen molar-refractivity contribution in [3.8, 4) is 11.5 Å². The second kappa shape index (κ2) is 8.71. The number of para-hydroxylation sites is 1. The van der Waals surface area contributed by atoms with Gasteiger partial charge in [0.1, 0.15) is 11.3 Å². The number of fused-ring (bicyclic) bond motifs is 2. The van der Waals surface area contributed by atoms with Gasteiger partial charge in [-0.3, -0.25) is 4.79 Å².